The largest absolute Gasteiger partial charge is 0.463 e. The summed E-state index contributed by atoms with van der Waals surface area (Å²) in [4.78, 5) is 15.3. The van der Waals surface area contributed by atoms with E-state index in [2.05, 4.69) is 30.5 Å². The van der Waals surface area contributed by atoms with Gasteiger partial charge in [-0.2, -0.15) is 0 Å². The van der Waals surface area contributed by atoms with Gasteiger partial charge in [0.05, 0.1) is 19.1 Å². The lowest BCUT2D eigenvalue weighted by molar-refractivity contribution is 0.185. The first-order chi connectivity index (χ1) is 16.5. The number of fused-ring (bicyclic) bond motifs is 1. The maximum atomic E-state index is 12.6. The molecular weight excluding hydrogens is 464 g/mol. The molecular formula is C27H30N2O5S. The summed E-state index contributed by atoms with van der Waals surface area (Å²) < 4.78 is 37.2. The number of furan rings is 1. The number of aromatic amines is 1. The number of methoxy groups -OCH3 is 1. The lowest BCUT2D eigenvalue weighted by atomic mass is 9.83. The average molecular weight is 495 g/mol. The van der Waals surface area contributed by atoms with Crippen LogP contribution in [0.1, 0.15) is 37.5 Å². The van der Waals surface area contributed by atoms with Gasteiger partial charge in [-0.05, 0) is 51.9 Å². The summed E-state index contributed by atoms with van der Waals surface area (Å²) in [5, 5.41) is 0.898. The highest BCUT2D eigenvalue weighted by Gasteiger charge is 2.24. The van der Waals surface area contributed by atoms with E-state index in [4.69, 9.17) is 9.15 Å². The van der Waals surface area contributed by atoms with Crippen LogP contribution in [-0.4, -0.2) is 26.8 Å². The molecule has 0 unspecified atom stereocenters. The molecule has 2 aromatic carbocycles. The SMILES string of the molecule is COCc1cc(CNS(C)(=O)=O)ccc1-c1coc2c(C(C)(C)C)cc(-c3ccc[nH]c3=O)cc12. The maximum Gasteiger partial charge on any atom is 0.255 e. The molecule has 0 saturated carbocycles. The zero-order valence-corrected chi connectivity index (χ0v) is 21.4. The monoisotopic (exact) mass is 494 g/mol. The third-order valence-electron chi connectivity index (χ3n) is 5.91. The van der Waals surface area contributed by atoms with E-state index in [-0.39, 0.29) is 17.5 Å². The van der Waals surface area contributed by atoms with Gasteiger partial charge in [-0.15, -0.1) is 0 Å². The number of hydrogen-bond donors (Lipinski definition) is 2. The molecule has 35 heavy (non-hydrogen) atoms. The second-order valence-electron chi connectivity index (χ2n) is 9.73. The van der Waals surface area contributed by atoms with E-state index in [1.807, 2.05) is 42.5 Å². The first-order valence-electron chi connectivity index (χ1n) is 11.3. The van der Waals surface area contributed by atoms with Gasteiger partial charge < -0.3 is 14.1 Å². The summed E-state index contributed by atoms with van der Waals surface area (Å²) in [6.07, 6.45) is 4.49. The number of hydrogen-bond acceptors (Lipinski definition) is 5. The quantitative estimate of drug-likeness (QED) is 0.379. The summed E-state index contributed by atoms with van der Waals surface area (Å²) >= 11 is 0. The summed E-state index contributed by atoms with van der Waals surface area (Å²) in [6.45, 7) is 6.88. The summed E-state index contributed by atoms with van der Waals surface area (Å²) in [7, 11) is -1.69. The number of pyridine rings is 1. The zero-order valence-electron chi connectivity index (χ0n) is 20.6. The van der Waals surface area contributed by atoms with Crippen molar-refractivity contribution in [1.29, 1.82) is 0 Å². The Kier molecular flexibility index (Phi) is 6.73. The number of rotatable bonds is 7. The second-order valence-corrected chi connectivity index (χ2v) is 11.6. The molecule has 0 fully saturated rings. The topological polar surface area (TPSA) is 101 Å². The third kappa shape index (κ3) is 5.40. The van der Waals surface area contributed by atoms with Gasteiger partial charge in [0.15, 0.2) is 0 Å². The number of aromatic nitrogens is 1. The van der Waals surface area contributed by atoms with Gasteiger partial charge in [-0.25, -0.2) is 13.1 Å². The maximum absolute atomic E-state index is 12.6. The van der Waals surface area contributed by atoms with Gasteiger partial charge in [-0.1, -0.05) is 39.0 Å². The van der Waals surface area contributed by atoms with Crippen LogP contribution in [-0.2, 0) is 33.3 Å². The molecule has 184 valence electrons. The van der Waals surface area contributed by atoms with Crippen LogP contribution in [0, 0.1) is 0 Å². The van der Waals surface area contributed by atoms with Crippen molar-refractivity contribution >= 4 is 21.0 Å². The first-order valence-corrected chi connectivity index (χ1v) is 13.2. The molecule has 2 heterocycles. The van der Waals surface area contributed by atoms with E-state index < -0.39 is 10.0 Å². The molecule has 0 aliphatic carbocycles. The van der Waals surface area contributed by atoms with Crippen LogP contribution in [0.5, 0.6) is 0 Å². The molecule has 0 radical (unpaired) electrons. The van der Waals surface area contributed by atoms with E-state index in [1.54, 1.807) is 19.6 Å². The average Bonchev–Trinajstić information content (AvgIpc) is 3.20. The molecule has 0 saturated heterocycles. The van der Waals surface area contributed by atoms with Crippen LogP contribution in [0.25, 0.3) is 33.2 Å². The van der Waals surface area contributed by atoms with E-state index in [1.165, 1.54) is 0 Å². The molecule has 8 heteroatoms. The second kappa shape index (κ2) is 9.45. The smallest absolute Gasteiger partial charge is 0.255 e. The minimum Gasteiger partial charge on any atom is -0.463 e. The van der Waals surface area contributed by atoms with Crippen molar-refractivity contribution in [2.75, 3.05) is 13.4 Å². The van der Waals surface area contributed by atoms with Crippen LogP contribution in [0.2, 0.25) is 0 Å². The first kappa shape index (κ1) is 24.9. The number of ether oxygens (including phenoxy) is 1. The van der Waals surface area contributed by atoms with Gasteiger partial charge in [0.1, 0.15) is 5.58 Å². The van der Waals surface area contributed by atoms with E-state index in [9.17, 15) is 13.2 Å². The standard InChI is InChI=1S/C27H30N2O5S/c1-27(2,3)24-13-18(21-7-6-10-28-26(21)30)12-22-23(16-34-25(22)24)20-9-8-17(11-19(20)15-33-4)14-29-35(5,31)32/h6-13,16,29H,14-15H2,1-5H3,(H,28,30). The minimum absolute atomic E-state index is 0.153. The van der Waals surface area contributed by atoms with Crippen molar-refractivity contribution in [3.05, 3.63) is 82.0 Å². The highest BCUT2D eigenvalue weighted by molar-refractivity contribution is 7.88. The van der Waals surface area contributed by atoms with E-state index in [0.717, 1.165) is 50.6 Å². The van der Waals surface area contributed by atoms with E-state index >= 15 is 0 Å². The highest BCUT2D eigenvalue weighted by atomic mass is 32.2. The molecule has 7 nitrogen and oxygen atoms in total. The molecule has 0 bridgehead atoms. The molecule has 0 amide bonds. The highest BCUT2D eigenvalue weighted by Crippen LogP contribution is 2.40. The van der Waals surface area contributed by atoms with Crippen LogP contribution < -0.4 is 10.3 Å². The van der Waals surface area contributed by atoms with Crippen molar-refractivity contribution in [3.63, 3.8) is 0 Å². The van der Waals surface area contributed by atoms with Crippen molar-refractivity contribution in [2.45, 2.75) is 39.3 Å². The Morgan fingerprint density at radius 1 is 1.06 bits per heavy atom. The van der Waals surface area contributed by atoms with Gasteiger partial charge in [0, 0.05) is 41.9 Å². The Morgan fingerprint density at radius 3 is 2.49 bits per heavy atom. The minimum atomic E-state index is -3.31. The molecule has 2 N–H and O–H groups in total. The van der Waals surface area contributed by atoms with Crippen molar-refractivity contribution in [3.8, 4) is 22.3 Å². The summed E-state index contributed by atoms with van der Waals surface area (Å²) in [5.41, 5.74) is 6.34. The predicted octanol–water partition coefficient (Wildman–Crippen LogP) is 4.95. The van der Waals surface area contributed by atoms with Crippen molar-refractivity contribution in [2.24, 2.45) is 0 Å². The van der Waals surface area contributed by atoms with Crippen molar-refractivity contribution in [1.82, 2.24) is 9.71 Å². The Bertz CT molecular complexity index is 1540. The molecule has 0 atom stereocenters. The molecule has 4 aromatic rings. The predicted molar refractivity (Wildman–Crippen MR) is 139 cm³/mol. The van der Waals surface area contributed by atoms with Crippen LogP contribution >= 0.6 is 0 Å². The zero-order chi connectivity index (χ0) is 25.4. The van der Waals surface area contributed by atoms with Gasteiger partial charge >= 0.3 is 0 Å². The number of H-pyrrole nitrogens is 1. The Balaban J connectivity index is 1.92. The van der Waals surface area contributed by atoms with Crippen LogP contribution in [0.3, 0.4) is 0 Å². The number of benzene rings is 2. The summed E-state index contributed by atoms with van der Waals surface area (Å²) in [6, 6.07) is 13.4. The molecule has 0 aliphatic heterocycles. The van der Waals surface area contributed by atoms with Crippen LogP contribution in [0.15, 0.2) is 64.1 Å². The fourth-order valence-electron chi connectivity index (χ4n) is 4.22. The lowest BCUT2D eigenvalue weighted by Gasteiger charge is -2.20. The summed E-state index contributed by atoms with van der Waals surface area (Å²) in [5.74, 6) is 0. The Morgan fingerprint density at radius 2 is 1.83 bits per heavy atom. The third-order valence-corrected chi connectivity index (χ3v) is 6.58. The fraction of sp³-hybridized carbons (Fsp3) is 0.296. The van der Waals surface area contributed by atoms with E-state index in [0.29, 0.717) is 12.2 Å². The molecule has 0 spiro atoms. The fourth-order valence-corrected chi connectivity index (χ4v) is 4.65. The van der Waals surface area contributed by atoms with Gasteiger partial charge in [0.2, 0.25) is 10.0 Å². The van der Waals surface area contributed by atoms with Crippen LogP contribution in [0.4, 0.5) is 0 Å². The van der Waals surface area contributed by atoms with Gasteiger partial charge in [-0.3, -0.25) is 4.79 Å². The molecule has 2 aromatic heterocycles. The van der Waals surface area contributed by atoms with Gasteiger partial charge in [0.25, 0.3) is 5.56 Å². The lowest BCUT2D eigenvalue weighted by Crippen LogP contribution is -2.21. The normalized spacial score (nSPS) is 12.4. The number of sulfonamides is 1. The molecule has 0 aliphatic rings. The molecule has 4 rings (SSSR count). The Hall–Kier alpha value is -3.20. The van der Waals surface area contributed by atoms with Crippen molar-refractivity contribution < 1.29 is 17.6 Å². The number of nitrogens with one attached hydrogen (secondary N) is 2. The Labute approximate surface area is 205 Å².